The van der Waals surface area contributed by atoms with Crippen LogP contribution >= 0.6 is 0 Å². The predicted octanol–water partition coefficient (Wildman–Crippen LogP) is -0.266. The van der Waals surface area contributed by atoms with E-state index in [2.05, 4.69) is 32.3 Å². The average molecular weight is 280 g/mol. The lowest BCUT2D eigenvalue weighted by molar-refractivity contribution is 0.0763. The zero-order valence-electron chi connectivity index (χ0n) is 12.4. The molecule has 2 heterocycles. The van der Waals surface area contributed by atoms with Gasteiger partial charge >= 0.3 is 0 Å². The molecule has 0 unspecified atom stereocenters. The highest BCUT2D eigenvalue weighted by atomic mass is 16.2. The molecule has 1 fully saturated rings. The van der Waals surface area contributed by atoms with Gasteiger partial charge in [-0.15, -0.1) is 5.10 Å². The number of hydrogen-bond acceptors (Lipinski definition) is 5. The predicted molar refractivity (Wildman–Crippen MR) is 76.6 cm³/mol. The molecule has 1 saturated heterocycles. The minimum absolute atomic E-state index is 0.112. The molecule has 1 aromatic heterocycles. The molecule has 1 amide bonds. The van der Waals surface area contributed by atoms with Crippen LogP contribution in [0.15, 0.2) is 0 Å². The molecule has 0 spiro atoms. The van der Waals surface area contributed by atoms with Gasteiger partial charge in [0.05, 0.1) is 0 Å². The van der Waals surface area contributed by atoms with Gasteiger partial charge in [0.2, 0.25) is 5.82 Å². The second kappa shape index (κ2) is 7.35. The Morgan fingerprint density at radius 1 is 1.40 bits per heavy atom. The Balaban J connectivity index is 1.81. The summed E-state index contributed by atoms with van der Waals surface area (Å²) in [6, 6.07) is 0. The van der Waals surface area contributed by atoms with Gasteiger partial charge in [-0.05, 0) is 6.42 Å². The second-order valence-corrected chi connectivity index (χ2v) is 5.17. The fraction of sp³-hybridized carbons (Fsp3) is 0.769. The van der Waals surface area contributed by atoms with Crippen molar-refractivity contribution in [2.45, 2.75) is 19.8 Å². The van der Waals surface area contributed by atoms with Crippen molar-refractivity contribution in [3.63, 3.8) is 0 Å². The van der Waals surface area contributed by atoms with Crippen molar-refractivity contribution >= 4 is 5.91 Å². The van der Waals surface area contributed by atoms with Crippen molar-refractivity contribution in [2.24, 2.45) is 0 Å². The van der Waals surface area contributed by atoms with Gasteiger partial charge in [-0.3, -0.25) is 14.8 Å². The number of amides is 1. The first-order valence-corrected chi connectivity index (χ1v) is 7.30. The summed E-state index contributed by atoms with van der Waals surface area (Å²) < 4.78 is 0. The summed E-state index contributed by atoms with van der Waals surface area (Å²) in [5.41, 5.74) is 0. The summed E-state index contributed by atoms with van der Waals surface area (Å²) >= 11 is 0. The van der Waals surface area contributed by atoms with E-state index in [1.54, 1.807) is 11.9 Å². The number of carbonyl (C=O) groups is 1. The van der Waals surface area contributed by atoms with Crippen molar-refractivity contribution in [1.29, 1.82) is 0 Å². The van der Waals surface area contributed by atoms with Crippen LogP contribution in [0, 0.1) is 0 Å². The van der Waals surface area contributed by atoms with Gasteiger partial charge in [-0.1, -0.05) is 6.92 Å². The first-order chi connectivity index (χ1) is 9.70. The Labute approximate surface area is 119 Å². The molecular formula is C13H24N6O. The molecule has 0 bridgehead atoms. The number of piperazine rings is 1. The number of nitrogens with zero attached hydrogens (tertiary/aromatic N) is 4. The summed E-state index contributed by atoms with van der Waals surface area (Å²) in [5.74, 6) is 0.946. The summed E-state index contributed by atoms with van der Waals surface area (Å²) in [6.45, 7) is 7.82. The van der Waals surface area contributed by atoms with Gasteiger partial charge in [0.1, 0.15) is 5.82 Å². The molecule has 1 aliphatic rings. The SMILES string of the molecule is CCCc1nc(C(=O)N(C)CCN2CCNCC2)n[nH]1. The number of H-pyrrole nitrogens is 1. The Bertz CT molecular complexity index is 426. The monoisotopic (exact) mass is 280 g/mol. The molecule has 2 rings (SSSR count). The van der Waals surface area contributed by atoms with E-state index in [0.717, 1.165) is 51.4 Å². The van der Waals surface area contributed by atoms with E-state index in [-0.39, 0.29) is 11.7 Å². The fourth-order valence-electron chi connectivity index (χ4n) is 2.24. The average Bonchev–Trinajstić information content (AvgIpc) is 2.94. The third-order valence-electron chi connectivity index (χ3n) is 3.52. The van der Waals surface area contributed by atoms with Crippen LogP contribution in [0.2, 0.25) is 0 Å². The van der Waals surface area contributed by atoms with E-state index < -0.39 is 0 Å². The Kier molecular flexibility index (Phi) is 5.49. The number of aryl methyl sites for hydroxylation is 1. The molecule has 0 radical (unpaired) electrons. The van der Waals surface area contributed by atoms with Crippen LogP contribution in [0.3, 0.4) is 0 Å². The van der Waals surface area contributed by atoms with E-state index in [1.165, 1.54) is 0 Å². The van der Waals surface area contributed by atoms with E-state index >= 15 is 0 Å². The fourth-order valence-corrected chi connectivity index (χ4v) is 2.24. The lowest BCUT2D eigenvalue weighted by atomic mass is 10.3. The van der Waals surface area contributed by atoms with Crippen molar-refractivity contribution in [3.8, 4) is 0 Å². The minimum Gasteiger partial charge on any atom is -0.338 e. The third-order valence-corrected chi connectivity index (χ3v) is 3.52. The lowest BCUT2D eigenvalue weighted by Gasteiger charge is -2.28. The molecule has 20 heavy (non-hydrogen) atoms. The van der Waals surface area contributed by atoms with E-state index in [4.69, 9.17) is 0 Å². The molecule has 0 atom stereocenters. The first-order valence-electron chi connectivity index (χ1n) is 7.30. The molecule has 2 N–H and O–H groups in total. The first kappa shape index (κ1) is 14.9. The van der Waals surface area contributed by atoms with Crippen molar-refractivity contribution in [2.75, 3.05) is 46.3 Å². The van der Waals surface area contributed by atoms with Gasteiger partial charge in [-0.25, -0.2) is 4.98 Å². The maximum Gasteiger partial charge on any atom is 0.293 e. The normalized spacial score (nSPS) is 16.3. The number of carbonyl (C=O) groups excluding carboxylic acids is 1. The van der Waals surface area contributed by atoms with E-state index in [1.807, 2.05) is 0 Å². The van der Waals surface area contributed by atoms with Crippen molar-refractivity contribution < 1.29 is 4.79 Å². The molecule has 1 aromatic rings. The Hall–Kier alpha value is -1.47. The summed E-state index contributed by atoms with van der Waals surface area (Å²) in [7, 11) is 1.81. The Morgan fingerprint density at radius 3 is 2.85 bits per heavy atom. The maximum atomic E-state index is 12.2. The zero-order valence-corrected chi connectivity index (χ0v) is 12.4. The van der Waals surface area contributed by atoms with Crippen LogP contribution in [0.5, 0.6) is 0 Å². The molecule has 1 aliphatic heterocycles. The molecule has 0 aliphatic carbocycles. The van der Waals surface area contributed by atoms with Gasteiger partial charge in [0.15, 0.2) is 0 Å². The van der Waals surface area contributed by atoms with Crippen LogP contribution in [0.4, 0.5) is 0 Å². The lowest BCUT2D eigenvalue weighted by Crippen LogP contribution is -2.46. The van der Waals surface area contributed by atoms with Crippen LogP contribution in [0.25, 0.3) is 0 Å². The van der Waals surface area contributed by atoms with Crippen LogP contribution in [-0.2, 0) is 6.42 Å². The smallest absolute Gasteiger partial charge is 0.293 e. The molecule has 0 aromatic carbocycles. The number of rotatable bonds is 6. The van der Waals surface area contributed by atoms with Gasteiger partial charge in [0, 0.05) is 52.7 Å². The topological polar surface area (TPSA) is 77.2 Å². The summed E-state index contributed by atoms with van der Waals surface area (Å²) in [5, 5.41) is 10.1. The van der Waals surface area contributed by atoms with Gasteiger partial charge in [0.25, 0.3) is 5.91 Å². The summed E-state index contributed by atoms with van der Waals surface area (Å²) in [4.78, 5) is 20.5. The molecule has 112 valence electrons. The van der Waals surface area contributed by atoms with Gasteiger partial charge in [-0.2, -0.15) is 0 Å². The summed E-state index contributed by atoms with van der Waals surface area (Å²) in [6.07, 6.45) is 1.81. The molecule has 0 saturated carbocycles. The highest BCUT2D eigenvalue weighted by Crippen LogP contribution is 2.01. The Morgan fingerprint density at radius 2 is 2.15 bits per heavy atom. The maximum absolute atomic E-state index is 12.2. The number of nitrogens with one attached hydrogen (secondary N) is 2. The number of hydrogen-bond donors (Lipinski definition) is 2. The standard InChI is InChI=1S/C13H24N6O/c1-3-4-11-15-12(17-16-11)13(20)18(2)9-10-19-7-5-14-6-8-19/h14H,3-10H2,1-2H3,(H,15,16,17). The number of aromatic amines is 1. The highest BCUT2D eigenvalue weighted by molar-refractivity contribution is 5.90. The second-order valence-electron chi connectivity index (χ2n) is 5.17. The third kappa shape index (κ3) is 4.01. The molecule has 7 nitrogen and oxygen atoms in total. The van der Waals surface area contributed by atoms with E-state index in [0.29, 0.717) is 6.54 Å². The molecule has 7 heteroatoms. The highest BCUT2D eigenvalue weighted by Gasteiger charge is 2.18. The number of aromatic nitrogens is 3. The van der Waals surface area contributed by atoms with E-state index in [9.17, 15) is 4.79 Å². The van der Waals surface area contributed by atoms with Crippen LogP contribution in [-0.4, -0.2) is 77.2 Å². The quantitative estimate of drug-likeness (QED) is 0.750. The van der Waals surface area contributed by atoms with Crippen LogP contribution in [0.1, 0.15) is 29.8 Å². The minimum atomic E-state index is -0.112. The van der Waals surface area contributed by atoms with Gasteiger partial charge < -0.3 is 10.2 Å². The van der Waals surface area contributed by atoms with Crippen molar-refractivity contribution in [3.05, 3.63) is 11.6 Å². The zero-order chi connectivity index (χ0) is 14.4. The van der Waals surface area contributed by atoms with Crippen molar-refractivity contribution in [1.82, 2.24) is 30.3 Å². The largest absolute Gasteiger partial charge is 0.338 e. The van der Waals surface area contributed by atoms with Crippen LogP contribution < -0.4 is 5.32 Å². The number of likely N-dealkylation sites (N-methyl/N-ethyl adjacent to an activating group) is 1. The molecular weight excluding hydrogens is 256 g/mol.